The smallest absolute Gasteiger partial charge is 0.354 e. The fourth-order valence-corrected chi connectivity index (χ4v) is 3.35. The lowest BCUT2D eigenvalue weighted by molar-refractivity contribution is -0.137. The van der Waals surface area contributed by atoms with Crippen molar-refractivity contribution >= 4 is 33.7 Å². The van der Waals surface area contributed by atoms with Crippen LogP contribution in [0.5, 0.6) is 0 Å². The zero-order chi connectivity index (χ0) is 21.6. The molecule has 1 N–H and O–H groups in total. The molecule has 2 heterocycles. The number of aromatic nitrogens is 1. The van der Waals surface area contributed by atoms with Crippen LogP contribution in [0.2, 0.25) is 0 Å². The molecule has 0 atom stereocenters. The second kappa shape index (κ2) is 10.1. The summed E-state index contributed by atoms with van der Waals surface area (Å²) in [5.41, 5.74) is 0.205. The summed E-state index contributed by atoms with van der Waals surface area (Å²) < 4.78 is 38.9. The molecule has 1 aromatic carbocycles. The topological polar surface area (TPSA) is 48.5 Å². The summed E-state index contributed by atoms with van der Waals surface area (Å²) in [5, 5.41) is 2.87. The van der Waals surface area contributed by atoms with Gasteiger partial charge < -0.3 is 10.2 Å². The Morgan fingerprint density at radius 1 is 1.10 bits per heavy atom. The van der Waals surface area contributed by atoms with Crippen LogP contribution in [0, 0.1) is 0 Å². The number of nitrogens with zero attached hydrogens (tertiary/aromatic N) is 3. The highest BCUT2D eigenvalue weighted by Crippen LogP contribution is 2.29. The first kappa shape index (κ1) is 22.3. The normalized spacial score (nSPS) is 15.5. The van der Waals surface area contributed by atoms with Gasteiger partial charge in [0.25, 0.3) is 0 Å². The van der Waals surface area contributed by atoms with E-state index in [-0.39, 0.29) is 5.91 Å². The molecule has 0 radical (unpaired) electrons. The number of piperazine rings is 1. The largest absolute Gasteiger partial charge is 0.417 e. The van der Waals surface area contributed by atoms with E-state index in [0.717, 1.165) is 35.4 Å². The Kier molecular flexibility index (Phi) is 7.49. The van der Waals surface area contributed by atoms with Crippen molar-refractivity contribution in [2.24, 2.45) is 0 Å². The van der Waals surface area contributed by atoms with Crippen molar-refractivity contribution in [3.05, 3.63) is 64.3 Å². The molecule has 0 spiro atoms. The van der Waals surface area contributed by atoms with Crippen molar-refractivity contribution in [2.45, 2.75) is 6.18 Å². The van der Waals surface area contributed by atoms with Crippen molar-refractivity contribution in [1.82, 2.24) is 15.2 Å². The van der Waals surface area contributed by atoms with E-state index in [9.17, 15) is 18.0 Å². The molecule has 1 aliphatic heterocycles. The van der Waals surface area contributed by atoms with Crippen LogP contribution >= 0.6 is 15.9 Å². The molecule has 5 nitrogen and oxygen atoms in total. The maximum atomic E-state index is 12.6. The van der Waals surface area contributed by atoms with Gasteiger partial charge >= 0.3 is 6.18 Å². The van der Waals surface area contributed by atoms with E-state index in [0.29, 0.717) is 32.0 Å². The van der Waals surface area contributed by atoms with Crippen LogP contribution in [0.15, 0.2) is 53.1 Å². The van der Waals surface area contributed by atoms with Gasteiger partial charge in [-0.15, -0.1) is 0 Å². The molecule has 0 unspecified atom stereocenters. The molecule has 160 valence electrons. The number of hydrogen-bond donors (Lipinski definition) is 1. The Labute approximate surface area is 181 Å². The first-order valence-corrected chi connectivity index (χ1v) is 10.3. The van der Waals surface area contributed by atoms with Gasteiger partial charge in [0.1, 0.15) is 5.82 Å². The molecule has 1 aliphatic rings. The number of carbonyl (C=O) groups is 1. The average molecular weight is 483 g/mol. The van der Waals surface area contributed by atoms with Crippen molar-refractivity contribution in [1.29, 1.82) is 0 Å². The lowest BCUT2D eigenvalue weighted by Gasteiger charge is -2.35. The van der Waals surface area contributed by atoms with Crippen LogP contribution in [-0.4, -0.2) is 55.1 Å². The number of anilines is 1. The number of amides is 1. The van der Waals surface area contributed by atoms with Crippen LogP contribution < -0.4 is 10.2 Å². The minimum Gasteiger partial charge on any atom is -0.354 e. The van der Waals surface area contributed by atoms with Crippen LogP contribution in [0.1, 0.15) is 11.1 Å². The Morgan fingerprint density at radius 3 is 2.40 bits per heavy atom. The van der Waals surface area contributed by atoms with E-state index in [1.165, 1.54) is 12.1 Å². The molecular weight excluding hydrogens is 461 g/mol. The summed E-state index contributed by atoms with van der Waals surface area (Å²) in [6, 6.07) is 10.1. The number of rotatable bonds is 6. The van der Waals surface area contributed by atoms with Crippen LogP contribution in [0.4, 0.5) is 19.0 Å². The van der Waals surface area contributed by atoms with Gasteiger partial charge in [-0.05, 0) is 35.9 Å². The van der Waals surface area contributed by atoms with Crippen LogP contribution in [0.25, 0.3) is 6.08 Å². The third-order valence-corrected chi connectivity index (χ3v) is 5.32. The van der Waals surface area contributed by atoms with Crippen molar-refractivity contribution in [3.8, 4) is 0 Å². The van der Waals surface area contributed by atoms with Gasteiger partial charge in [-0.1, -0.05) is 28.1 Å². The molecule has 0 aliphatic carbocycles. The molecule has 1 amide bonds. The van der Waals surface area contributed by atoms with Gasteiger partial charge in [-0.3, -0.25) is 9.69 Å². The number of benzene rings is 1. The highest BCUT2D eigenvalue weighted by Gasteiger charge is 2.31. The second-order valence-electron chi connectivity index (χ2n) is 6.91. The third kappa shape index (κ3) is 6.56. The molecule has 1 aromatic heterocycles. The Bertz CT molecular complexity index is 861. The molecule has 0 saturated carbocycles. The summed E-state index contributed by atoms with van der Waals surface area (Å²) in [6.07, 6.45) is -0.226. The predicted octanol–water partition coefficient (Wildman–Crippen LogP) is 3.81. The zero-order valence-corrected chi connectivity index (χ0v) is 17.8. The fraction of sp³-hybridized carbons (Fsp3) is 0.333. The standard InChI is InChI=1S/C21H22BrF3N4O/c22-18-5-1-16(2-6-18)3-8-20(30)26-9-10-28-11-13-29(14-12-28)19-7-4-17(15-27-19)21(23,24)25/h1-8,15H,9-14H2,(H,26,30). The second-order valence-corrected chi connectivity index (χ2v) is 7.82. The van der Waals surface area contributed by atoms with Crippen molar-refractivity contribution in [3.63, 3.8) is 0 Å². The highest BCUT2D eigenvalue weighted by molar-refractivity contribution is 9.10. The third-order valence-electron chi connectivity index (χ3n) is 4.80. The van der Waals surface area contributed by atoms with E-state index in [1.54, 1.807) is 6.08 Å². The molecular formula is C21H22BrF3N4O. The first-order chi connectivity index (χ1) is 14.3. The molecule has 1 fully saturated rings. The van der Waals surface area contributed by atoms with E-state index < -0.39 is 11.7 Å². The van der Waals surface area contributed by atoms with Crippen LogP contribution in [0.3, 0.4) is 0 Å². The lowest BCUT2D eigenvalue weighted by atomic mass is 10.2. The molecule has 1 saturated heterocycles. The van der Waals surface area contributed by atoms with E-state index in [2.05, 4.69) is 31.1 Å². The average Bonchev–Trinajstić information content (AvgIpc) is 2.73. The summed E-state index contributed by atoms with van der Waals surface area (Å²) >= 11 is 3.37. The van der Waals surface area contributed by atoms with Gasteiger partial charge in [-0.25, -0.2) is 4.98 Å². The number of pyridine rings is 1. The Morgan fingerprint density at radius 2 is 1.80 bits per heavy atom. The molecule has 0 bridgehead atoms. The molecule has 9 heteroatoms. The summed E-state index contributed by atoms with van der Waals surface area (Å²) in [6.45, 7) is 4.11. The highest BCUT2D eigenvalue weighted by atomic mass is 79.9. The van der Waals surface area contributed by atoms with E-state index >= 15 is 0 Å². The van der Waals surface area contributed by atoms with E-state index in [1.807, 2.05) is 29.2 Å². The monoisotopic (exact) mass is 482 g/mol. The van der Waals surface area contributed by atoms with E-state index in [4.69, 9.17) is 0 Å². The summed E-state index contributed by atoms with van der Waals surface area (Å²) in [7, 11) is 0. The van der Waals surface area contributed by atoms with Gasteiger partial charge in [0, 0.05) is 56.0 Å². The van der Waals surface area contributed by atoms with Gasteiger partial charge in [0.2, 0.25) is 5.91 Å². The van der Waals surface area contributed by atoms with Crippen molar-refractivity contribution < 1.29 is 18.0 Å². The SMILES string of the molecule is O=C(C=Cc1ccc(Br)cc1)NCCN1CCN(c2ccc(C(F)(F)F)cn2)CC1. The maximum absolute atomic E-state index is 12.6. The van der Waals surface area contributed by atoms with Gasteiger partial charge in [0.05, 0.1) is 5.56 Å². The molecule has 2 aromatic rings. The summed E-state index contributed by atoms with van der Waals surface area (Å²) in [4.78, 5) is 20.1. The zero-order valence-electron chi connectivity index (χ0n) is 16.2. The van der Waals surface area contributed by atoms with Gasteiger partial charge in [0.15, 0.2) is 0 Å². The minimum atomic E-state index is -4.37. The quantitative estimate of drug-likeness (QED) is 0.636. The minimum absolute atomic E-state index is 0.148. The molecule has 3 rings (SSSR count). The Balaban J connectivity index is 1.37. The Hall–Kier alpha value is -2.39. The number of halogens is 4. The predicted molar refractivity (Wildman–Crippen MR) is 114 cm³/mol. The van der Waals surface area contributed by atoms with Gasteiger partial charge in [-0.2, -0.15) is 13.2 Å². The van der Waals surface area contributed by atoms with Crippen LogP contribution in [-0.2, 0) is 11.0 Å². The number of carbonyl (C=O) groups excluding carboxylic acids is 1. The van der Waals surface area contributed by atoms with Crippen molar-refractivity contribution in [2.75, 3.05) is 44.2 Å². The lowest BCUT2D eigenvalue weighted by Crippen LogP contribution is -2.48. The number of hydrogen-bond acceptors (Lipinski definition) is 4. The summed E-state index contributed by atoms with van der Waals surface area (Å²) in [5.74, 6) is 0.402. The first-order valence-electron chi connectivity index (χ1n) is 9.53. The molecule has 30 heavy (non-hydrogen) atoms. The maximum Gasteiger partial charge on any atom is 0.417 e. The number of nitrogens with one attached hydrogen (secondary N) is 1. The number of alkyl halides is 3. The fourth-order valence-electron chi connectivity index (χ4n) is 3.08.